The Bertz CT molecular complexity index is 1170. The van der Waals surface area contributed by atoms with Gasteiger partial charge in [-0.3, -0.25) is 4.72 Å². The molecule has 0 radical (unpaired) electrons. The van der Waals surface area contributed by atoms with Crippen LogP contribution in [0.25, 0.3) is 11.0 Å². The normalized spacial score (nSPS) is 12.1. The topological polar surface area (TPSA) is 88.4 Å². The molecule has 0 spiro atoms. The summed E-state index contributed by atoms with van der Waals surface area (Å²) in [4.78, 5) is 11.3. The lowest BCUT2D eigenvalue weighted by Crippen LogP contribution is -2.33. The summed E-state index contributed by atoms with van der Waals surface area (Å²) in [5.74, 6) is 0. The Morgan fingerprint density at radius 3 is 2.43 bits per heavy atom. The summed E-state index contributed by atoms with van der Waals surface area (Å²) in [6.07, 6.45) is 0. The molecule has 6 nitrogen and oxygen atoms in total. The minimum Gasteiger partial charge on any atom is -0.423 e. The van der Waals surface area contributed by atoms with Gasteiger partial charge in [-0.1, -0.05) is 12.1 Å². The van der Waals surface area contributed by atoms with Gasteiger partial charge in [0.25, 0.3) is 0 Å². The number of hydrogen-bond donors (Lipinski definition) is 2. The summed E-state index contributed by atoms with van der Waals surface area (Å²) in [6.45, 7) is 7.45. The maximum Gasteiger partial charge on any atom is 0.336 e. The highest BCUT2D eigenvalue weighted by atomic mass is 32.2. The molecule has 0 aliphatic rings. The minimum atomic E-state index is -3.46. The number of aryl methyl sites for hydroxylation is 1. The standard InChI is InChI=1S/C21H24N2O4S/c1-14-11-15(5-8-18(14)23-28(25,26)21(2,3)4)13-22-17-7-9-19-16(12-17)6-10-20(24)27-19/h5-12,22-23H,13H2,1-4H3. The monoisotopic (exact) mass is 400 g/mol. The molecule has 1 aromatic heterocycles. The zero-order chi connectivity index (χ0) is 20.5. The van der Waals surface area contributed by atoms with Gasteiger partial charge in [-0.15, -0.1) is 0 Å². The maximum absolute atomic E-state index is 12.3. The van der Waals surface area contributed by atoms with Crippen LogP contribution in [0.5, 0.6) is 0 Å². The largest absolute Gasteiger partial charge is 0.423 e. The molecule has 0 fully saturated rings. The van der Waals surface area contributed by atoms with E-state index < -0.39 is 14.8 Å². The zero-order valence-corrected chi connectivity index (χ0v) is 17.2. The molecule has 0 atom stereocenters. The van der Waals surface area contributed by atoms with E-state index in [-0.39, 0.29) is 5.63 Å². The molecule has 0 amide bonds. The molecule has 3 rings (SSSR count). The van der Waals surface area contributed by atoms with Gasteiger partial charge in [0.1, 0.15) is 5.58 Å². The Balaban J connectivity index is 1.73. The summed E-state index contributed by atoms with van der Waals surface area (Å²) in [7, 11) is -3.46. The molecule has 1 heterocycles. The molecule has 0 aliphatic carbocycles. The Morgan fingerprint density at radius 1 is 1.00 bits per heavy atom. The van der Waals surface area contributed by atoms with Gasteiger partial charge in [0.2, 0.25) is 10.0 Å². The van der Waals surface area contributed by atoms with Crippen LogP contribution >= 0.6 is 0 Å². The second kappa shape index (κ2) is 7.31. The van der Waals surface area contributed by atoms with Crippen molar-refractivity contribution in [1.29, 1.82) is 0 Å². The molecular formula is C21H24N2O4S. The van der Waals surface area contributed by atoms with Gasteiger partial charge in [0, 0.05) is 23.7 Å². The van der Waals surface area contributed by atoms with Crippen LogP contribution in [0.15, 0.2) is 57.7 Å². The van der Waals surface area contributed by atoms with Gasteiger partial charge < -0.3 is 9.73 Å². The van der Waals surface area contributed by atoms with E-state index in [1.165, 1.54) is 6.07 Å². The van der Waals surface area contributed by atoms with Gasteiger partial charge >= 0.3 is 5.63 Å². The van der Waals surface area contributed by atoms with Crippen LogP contribution in [-0.2, 0) is 16.6 Å². The Morgan fingerprint density at radius 2 is 1.75 bits per heavy atom. The van der Waals surface area contributed by atoms with E-state index in [4.69, 9.17) is 4.42 Å². The lowest BCUT2D eigenvalue weighted by atomic mass is 10.1. The highest BCUT2D eigenvalue weighted by Crippen LogP contribution is 2.24. The predicted octanol–water partition coefficient (Wildman–Crippen LogP) is 4.25. The predicted molar refractivity (Wildman–Crippen MR) is 113 cm³/mol. The van der Waals surface area contributed by atoms with Crippen molar-refractivity contribution in [2.75, 3.05) is 10.0 Å². The van der Waals surface area contributed by atoms with Crippen LogP contribution in [0.4, 0.5) is 11.4 Å². The highest BCUT2D eigenvalue weighted by molar-refractivity contribution is 7.94. The minimum absolute atomic E-state index is 0.370. The second-order valence-corrected chi connectivity index (χ2v) is 10.2. The van der Waals surface area contributed by atoms with Crippen LogP contribution in [0.3, 0.4) is 0 Å². The fourth-order valence-corrected chi connectivity index (χ4v) is 3.46. The zero-order valence-electron chi connectivity index (χ0n) is 16.4. The Labute approximate surface area is 164 Å². The molecular weight excluding hydrogens is 376 g/mol. The molecule has 0 saturated carbocycles. The van der Waals surface area contributed by atoms with E-state index in [1.54, 1.807) is 39.0 Å². The Kier molecular flexibility index (Phi) is 5.21. The van der Waals surface area contributed by atoms with Crippen molar-refractivity contribution in [3.05, 3.63) is 70.1 Å². The smallest absolute Gasteiger partial charge is 0.336 e. The van der Waals surface area contributed by atoms with Crippen molar-refractivity contribution >= 4 is 32.4 Å². The molecule has 2 aromatic carbocycles. The van der Waals surface area contributed by atoms with Crippen LogP contribution in [0.2, 0.25) is 0 Å². The van der Waals surface area contributed by atoms with Crippen LogP contribution in [-0.4, -0.2) is 13.2 Å². The van der Waals surface area contributed by atoms with Crippen LogP contribution < -0.4 is 15.7 Å². The van der Waals surface area contributed by atoms with E-state index in [1.807, 2.05) is 31.2 Å². The average Bonchev–Trinajstić information content (AvgIpc) is 2.61. The molecule has 3 aromatic rings. The molecule has 0 unspecified atom stereocenters. The second-order valence-electron chi connectivity index (χ2n) is 7.73. The van der Waals surface area contributed by atoms with Crippen molar-refractivity contribution < 1.29 is 12.8 Å². The first-order valence-electron chi connectivity index (χ1n) is 8.95. The summed E-state index contributed by atoms with van der Waals surface area (Å²) in [5, 5.41) is 4.17. The first-order chi connectivity index (χ1) is 13.0. The van der Waals surface area contributed by atoms with Crippen LogP contribution in [0, 0.1) is 6.92 Å². The van der Waals surface area contributed by atoms with Crippen molar-refractivity contribution in [1.82, 2.24) is 0 Å². The fourth-order valence-electron chi connectivity index (χ4n) is 2.63. The van der Waals surface area contributed by atoms with Crippen molar-refractivity contribution in [3.63, 3.8) is 0 Å². The van der Waals surface area contributed by atoms with E-state index in [9.17, 15) is 13.2 Å². The van der Waals surface area contributed by atoms with E-state index >= 15 is 0 Å². The molecule has 0 aliphatic heterocycles. The van der Waals surface area contributed by atoms with Crippen LogP contribution in [0.1, 0.15) is 31.9 Å². The lowest BCUT2D eigenvalue weighted by molar-refractivity contribution is 0.561. The molecule has 148 valence electrons. The highest BCUT2D eigenvalue weighted by Gasteiger charge is 2.29. The third-order valence-corrected chi connectivity index (χ3v) is 6.56. The van der Waals surface area contributed by atoms with Gasteiger partial charge in [0.05, 0.1) is 10.4 Å². The fraction of sp³-hybridized carbons (Fsp3) is 0.286. The molecule has 0 saturated heterocycles. The number of anilines is 2. The first kappa shape index (κ1) is 19.9. The van der Waals surface area contributed by atoms with E-state index in [0.29, 0.717) is 17.8 Å². The Hall–Kier alpha value is -2.80. The number of hydrogen-bond acceptors (Lipinski definition) is 5. The van der Waals surface area contributed by atoms with Gasteiger partial charge in [-0.05, 0) is 69.2 Å². The first-order valence-corrected chi connectivity index (χ1v) is 10.4. The number of rotatable bonds is 5. The summed E-state index contributed by atoms with van der Waals surface area (Å²) >= 11 is 0. The van der Waals surface area contributed by atoms with Gasteiger partial charge in [-0.2, -0.15) is 0 Å². The van der Waals surface area contributed by atoms with Crippen molar-refractivity contribution in [3.8, 4) is 0 Å². The molecule has 0 bridgehead atoms. The van der Waals surface area contributed by atoms with Crippen molar-refractivity contribution in [2.45, 2.75) is 39.0 Å². The summed E-state index contributed by atoms with van der Waals surface area (Å²) in [6, 6.07) is 14.3. The van der Waals surface area contributed by atoms with Gasteiger partial charge in [-0.25, -0.2) is 13.2 Å². The van der Waals surface area contributed by atoms with E-state index in [0.717, 1.165) is 22.2 Å². The summed E-state index contributed by atoms with van der Waals surface area (Å²) < 4.78 is 31.6. The quantitative estimate of drug-likeness (QED) is 0.625. The lowest BCUT2D eigenvalue weighted by Gasteiger charge is -2.21. The van der Waals surface area contributed by atoms with Crippen molar-refractivity contribution in [2.24, 2.45) is 0 Å². The average molecular weight is 401 g/mol. The number of sulfonamides is 1. The third kappa shape index (κ3) is 4.36. The number of fused-ring (bicyclic) bond motifs is 1. The number of benzene rings is 2. The molecule has 7 heteroatoms. The SMILES string of the molecule is Cc1cc(CNc2ccc3oc(=O)ccc3c2)ccc1NS(=O)(=O)C(C)(C)C. The van der Waals surface area contributed by atoms with Gasteiger partial charge in [0.15, 0.2) is 0 Å². The third-order valence-electron chi connectivity index (χ3n) is 4.46. The molecule has 28 heavy (non-hydrogen) atoms. The molecule has 2 N–H and O–H groups in total. The van der Waals surface area contributed by atoms with E-state index in [2.05, 4.69) is 10.0 Å². The number of nitrogens with one attached hydrogen (secondary N) is 2. The summed E-state index contributed by atoms with van der Waals surface area (Å²) in [5.41, 5.74) is 3.54. The maximum atomic E-state index is 12.3.